The third-order valence-corrected chi connectivity index (χ3v) is 7.79. The molecule has 0 radical (unpaired) electrons. The van der Waals surface area contributed by atoms with Crippen molar-refractivity contribution in [2.24, 2.45) is 0 Å². The van der Waals surface area contributed by atoms with Gasteiger partial charge in [0.15, 0.2) is 0 Å². The summed E-state index contributed by atoms with van der Waals surface area (Å²) in [5.74, 6) is 0.687. The van der Waals surface area contributed by atoms with E-state index in [9.17, 15) is 4.79 Å². The molecule has 2 saturated heterocycles. The normalized spacial score (nSPS) is 27.3. The Balaban J connectivity index is 1.67. The highest BCUT2D eigenvalue weighted by molar-refractivity contribution is 5.94. The third kappa shape index (κ3) is 3.63. The second-order valence-electron chi connectivity index (χ2n) is 9.54. The van der Waals surface area contributed by atoms with Crippen LogP contribution in [-0.4, -0.2) is 52.9 Å². The van der Waals surface area contributed by atoms with Crippen LogP contribution in [0.15, 0.2) is 85.2 Å². The maximum Gasteiger partial charge on any atom is 0.254 e. The van der Waals surface area contributed by atoms with Gasteiger partial charge in [0.1, 0.15) is 0 Å². The van der Waals surface area contributed by atoms with E-state index in [2.05, 4.69) is 89.5 Å². The standard InChI is InChI=1S/C28H31N3O/c1-30(2)28-15-18-31(27(32)23-13-16-29-17-14-23)26(24(19-28)21-9-5-3-6-10-21)25(20-28)22-11-7-4-8-12-22/h3-14,16-17,24-26H,15,18-20H2,1-2H3/t24-,25-,26?,28?/m0/s1. The van der Waals surface area contributed by atoms with Crippen LogP contribution in [0.4, 0.5) is 0 Å². The molecular weight excluding hydrogens is 394 g/mol. The topological polar surface area (TPSA) is 36.4 Å². The van der Waals surface area contributed by atoms with Gasteiger partial charge in [-0.1, -0.05) is 60.7 Å². The molecule has 3 heterocycles. The molecule has 3 fully saturated rings. The number of hydrogen-bond acceptors (Lipinski definition) is 3. The van der Waals surface area contributed by atoms with E-state index in [0.29, 0.717) is 0 Å². The SMILES string of the molecule is CN(C)C12CCN(C(=O)c3ccncc3)C([C@H](c3ccccc3)C1)[C@H](c1ccccc1)C2. The molecule has 6 rings (SSSR count). The second-order valence-corrected chi connectivity index (χ2v) is 9.54. The number of aromatic nitrogens is 1. The van der Waals surface area contributed by atoms with E-state index in [4.69, 9.17) is 0 Å². The zero-order valence-corrected chi connectivity index (χ0v) is 18.9. The molecule has 0 spiro atoms. The van der Waals surface area contributed by atoms with Gasteiger partial charge in [-0.2, -0.15) is 0 Å². The van der Waals surface area contributed by atoms with Gasteiger partial charge in [-0.05, 0) is 56.6 Å². The molecule has 2 aliphatic heterocycles. The first-order valence-electron chi connectivity index (χ1n) is 11.6. The van der Waals surface area contributed by atoms with Crippen molar-refractivity contribution < 1.29 is 4.79 Å². The summed E-state index contributed by atoms with van der Waals surface area (Å²) in [6.45, 7) is 0.774. The van der Waals surface area contributed by atoms with Gasteiger partial charge in [-0.15, -0.1) is 0 Å². The Labute approximate surface area is 190 Å². The van der Waals surface area contributed by atoms with E-state index in [-0.39, 0.29) is 29.3 Å². The molecular formula is C28H31N3O. The molecule has 2 aromatic carbocycles. The molecule has 1 saturated carbocycles. The molecule has 4 nitrogen and oxygen atoms in total. The molecule has 32 heavy (non-hydrogen) atoms. The fourth-order valence-electron chi connectivity index (χ4n) is 6.06. The van der Waals surface area contributed by atoms with Crippen molar-refractivity contribution in [2.75, 3.05) is 20.6 Å². The molecule has 0 unspecified atom stereocenters. The maximum atomic E-state index is 13.9. The quantitative estimate of drug-likeness (QED) is 0.593. The van der Waals surface area contributed by atoms with Crippen LogP contribution in [-0.2, 0) is 0 Å². The predicted molar refractivity (Wildman–Crippen MR) is 128 cm³/mol. The molecule has 1 aliphatic carbocycles. The first kappa shape index (κ1) is 20.9. The van der Waals surface area contributed by atoms with Crippen molar-refractivity contribution in [1.29, 1.82) is 0 Å². The van der Waals surface area contributed by atoms with E-state index >= 15 is 0 Å². The zero-order chi connectivity index (χ0) is 22.1. The van der Waals surface area contributed by atoms with E-state index in [1.807, 2.05) is 12.1 Å². The Kier molecular flexibility index (Phi) is 5.56. The van der Waals surface area contributed by atoms with Crippen molar-refractivity contribution in [2.45, 2.75) is 42.7 Å². The van der Waals surface area contributed by atoms with Crippen LogP contribution in [0.5, 0.6) is 0 Å². The number of carbonyl (C=O) groups is 1. The average Bonchev–Trinajstić information content (AvgIpc) is 3.13. The van der Waals surface area contributed by atoms with E-state index in [1.165, 1.54) is 11.1 Å². The number of carbonyl (C=O) groups excluding carboxylic acids is 1. The number of nitrogens with zero attached hydrogens (tertiary/aromatic N) is 3. The van der Waals surface area contributed by atoms with E-state index in [0.717, 1.165) is 31.4 Å². The summed E-state index contributed by atoms with van der Waals surface area (Å²) in [5.41, 5.74) is 3.45. The summed E-state index contributed by atoms with van der Waals surface area (Å²) in [4.78, 5) is 22.6. The average molecular weight is 426 g/mol. The lowest BCUT2D eigenvalue weighted by Crippen LogP contribution is -2.53. The van der Waals surface area contributed by atoms with Crippen LogP contribution in [0.1, 0.15) is 52.6 Å². The van der Waals surface area contributed by atoms with Crippen LogP contribution in [0.2, 0.25) is 0 Å². The molecule has 4 heteroatoms. The van der Waals surface area contributed by atoms with E-state index in [1.54, 1.807) is 12.4 Å². The molecule has 164 valence electrons. The summed E-state index contributed by atoms with van der Waals surface area (Å²) in [6, 6.07) is 25.4. The monoisotopic (exact) mass is 425 g/mol. The molecule has 3 aliphatic rings. The number of pyridine rings is 1. The molecule has 3 aromatic rings. The molecule has 1 amide bonds. The van der Waals surface area contributed by atoms with Gasteiger partial charge in [-0.3, -0.25) is 9.78 Å². The number of rotatable bonds is 4. The van der Waals surface area contributed by atoms with Gasteiger partial charge >= 0.3 is 0 Å². The van der Waals surface area contributed by atoms with E-state index < -0.39 is 0 Å². The number of hydrogen-bond donors (Lipinski definition) is 0. The lowest BCUT2D eigenvalue weighted by molar-refractivity contribution is 0.0523. The minimum atomic E-state index is 0.0603. The summed E-state index contributed by atoms with van der Waals surface area (Å²) < 4.78 is 0. The van der Waals surface area contributed by atoms with Crippen molar-refractivity contribution in [1.82, 2.24) is 14.8 Å². The Hall–Kier alpha value is -2.98. The zero-order valence-electron chi connectivity index (χ0n) is 18.9. The fourth-order valence-corrected chi connectivity index (χ4v) is 6.06. The summed E-state index contributed by atoms with van der Waals surface area (Å²) in [6.07, 6.45) is 6.55. The van der Waals surface area contributed by atoms with Gasteiger partial charge in [0.2, 0.25) is 0 Å². The maximum absolute atomic E-state index is 13.9. The Morgan fingerprint density at radius 1 is 0.875 bits per heavy atom. The first-order chi connectivity index (χ1) is 15.6. The smallest absolute Gasteiger partial charge is 0.254 e. The predicted octanol–water partition coefficient (Wildman–Crippen LogP) is 4.96. The third-order valence-electron chi connectivity index (χ3n) is 7.79. The minimum absolute atomic E-state index is 0.0603. The van der Waals surface area contributed by atoms with Crippen molar-refractivity contribution >= 4 is 5.91 Å². The van der Waals surface area contributed by atoms with Crippen LogP contribution in [0, 0.1) is 0 Å². The van der Waals surface area contributed by atoms with Crippen molar-refractivity contribution in [3.63, 3.8) is 0 Å². The Morgan fingerprint density at radius 2 is 1.41 bits per heavy atom. The second kappa shape index (κ2) is 8.51. The number of fused-ring (bicyclic) bond motifs is 4. The van der Waals surface area contributed by atoms with Crippen LogP contribution >= 0.6 is 0 Å². The Bertz CT molecular complexity index is 1000. The van der Waals surface area contributed by atoms with Crippen molar-refractivity contribution in [3.05, 3.63) is 102 Å². The lowest BCUT2D eigenvalue weighted by Gasteiger charge is -2.50. The molecule has 0 N–H and O–H groups in total. The molecule has 1 aromatic heterocycles. The van der Waals surface area contributed by atoms with Gasteiger partial charge in [-0.25, -0.2) is 0 Å². The highest BCUT2D eigenvalue weighted by atomic mass is 16.2. The van der Waals surface area contributed by atoms with Gasteiger partial charge in [0.05, 0.1) is 0 Å². The van der Waals surface area contributed by atoms with Gasteiger partial charge in [0.25, 0.3) is 5.91 Å². The summed E-state index contributed by atoms with van der Waals surface area (Å²) >= 11 is 0. The highest BCUT2D eigenvalue weighted by Crippen LogP contribution is 2.53. The summed E-state index contributed by atoms with van der Waals surface area (Å²) in [5, 5.41) is 0. The molecule has 2 atom stereocenters. The largest absolute Gasteiger partial charge is 0.334 e. The van der Waals surface area contributed by atoms with Crippen LogP contribution in [0.3, 0.4) is 0 Å². The van der Waals surface area contributed by atoms with Crippen molar-refractivity contribution in [3.8, 4) is 0 Å². The highest BCUT2D eigenvalue weighted by Gasteiger charge is 2.53. The number of amides is 1. The Morgan fingerprint density at radius 3 is 1.91 bits per heavy atom. The van der Waals surface area contributed by atoms with Gasteiger partial charge < -0.3 is 9.80 Å². The fraction of sp³-hybridized carbons (Fsp3) is 0.357. The van der Waals surface area contributed by atoms with Crippen LogP contribution < -0.4 is 0 Å². The lowest BCUT2D eigenvalue weighted by atomic mass is 9.63. The minimum Gasteiger partial charge on any atom is -0.334 e. The summed E-state index contributed by atoms with van der Waals surface area (Å²) in [7, 11) is 4.43. The number of benzene rings is 2. The van der Waals surface area contributed by atoms with Crippen LogP contribution in [0.25, 0.3) is 0 Å². The van der Waals surface area contributed by atoms with Gasteiger partial charge in [0, 0.05) is 47.9 Å². The first-order valence-corrected chi connectivity index (χ1v) is 11.6. The molecule has 2 bridgehead atoms.